The number of hydrogen-bond acceptors (Lipinski definition) is 4. The normalized spacial score (nSPS) is 14.7. The number of benzene rings is 1. The molecule has 0 atom stereocenters. The number of allylic oxidation sites excluding steroid dienone is 3. The Morgan fingerprint density at radius 1 is 1.29 bits per heavy atom. The zero-order valence-corrected chi connectivity index (χ0v) is 18.3. The lowest BCUT2D eigenvalue weighted by Crippen LogP contribution is -2.32. The number of aromatic nitrogens is 2. The van der Waals surface area contributed by atoms with Crippen LogP contribution in [-0.2, 0) is 11.0 Å². The van der Waals surface area contributed by atoms with E-state index in [1.165, 1.54) is 6.07 Å². The van der Waals surface area contributed by atoms with E-state index in [4.69, 9.17) is 12.2 Å². The number of halogens is 3. The molecule has 1 aliphatic rings. The minimum Gasteiger partial charge on any atom is -0.352 e. The Bertz CT molecular complexity index is 1040. The van der Waals surface area contributed by atoms with Gasteiger partial charge in [-0.05, 0) is 50.3 Å². The summed E-state index contributed by atoms with van der Waals surface area (Å²) in [6.07, 6.45) is 0.275. The minimum absolute atomic E-state index is 0.245. The molecule has 0 saturated carbocycles. The maximum Gasteiger partial charge on any atom is 0.416 e. The lowest BCUT2D eigenvalue weighted by molar-refractivity contribution is -0.137. The zero-order chi connectivity index (χ0) is 22.6. The van der Waals surface area contributed by atoms with Gasteiger partial charge >= 0.3 is 6.18 Å². The van der Waals surface area contributed by atoms with Crippen LogP contribution in [0.4, 0.5) is 13.2 Å². The summed E-state index contributed by atoms with van der Waals surface area (Å²) >= 11 is 5.35. The highest BCUT2D eigenvalue weighted by Crippen LogP contribution is 2.32. The van der Waals surface area contributed by atoms with E-state index in [1.54, 1.807) is 6.08 Å². The number of thiocarbonyl (C=S) groups is 1. The molecule has 1 aromatic heterocycles. The lowest BCUT2D eigenvalue weighted by Gasteiger charge is -2.18. The molecule has 31 heavy (non-hydrogen) atoms. The van der Waals surface area contributed by atoms with Gasteiger partial charge in [-0.15, -0.1) is 0 Å². The molecule has 5 nitrogen and oxygen atoms in total. The van der Waals surface area contributed by atoms with Gasteiger partial charge in [-0.3, -0.25) is 4.79 Å². The van der Waals surface area contributed by atoms with E-state index < -0.39 is 11.7 Å². The Hall–Kier alpha value is -2.52. The number of rotatable bonds is 8. The highest BCUT2D eigenvalue weighted by Gasteiger charge is 2.31. The molecule has 0 radical (unpaired) electrons. The Kier molecular flexibility index (Phi) is 7.27. The summed E-state index contributed by atoms with van der Waals surface area (Å²) in [6.45, 7) is 7.58. The number of aromatic amines is 1. The average molecular weight is 451 g/mol. The van der Waals surface area contributed by atoms with Gasteiger partial charge in [-0.1, -0.05) is 32.1 Å². The molecule has 0 bridgehead atoms. The smallest absolute Gasteiger partial charge is 0.352 e. The maximum atomic E-state index is 13.0. The number of alkyl halides is 3. The molecule has 1 aromatic carbocycles. The van der Waals surface area contributed by atoms with Crippen molar-refractivity contribution in [1.82, 2.24) is 20.2 Å². The Morgan fingerprint density at radius 3 is 2.71 bits per heavy atom. The van der Waals surface area contributed by atoms with Crippen LogP contribution in [0.3, 0.4) is 0 Å². The SMILES string of the molecule is CCN(CC)CCCNC(=O)C1=CC(c2nc3ccc(C(F)(F)F)cc3[nH]2)=CCC1=S. The van der Waals surface area contributed by atoms with Crippen LogP contribution in [0.25, 0.3) is 16.6 Å². The van der Waals surface area contributed by atoms with Crippen LogP contribution in [0.2, 0.25) is 0 Å². The van der Waals surface area contributed by atoms with Crippen molar-refractivity contribution in [3.63, 3.8) is 0 Å². The number of hydrogen-bond donors (Lipinski definition) is 2. The number of nitrogens with one attached hydrogen (secondary N) is 2. The zero-order valence-electron chi connectivity index (χ0n) is 17.5. The summed E-state index contributed by atoms with van der Waals surface area (Å²) in [5, 5.41) is 2.90. The van der Waals surface area contributed by atoms with E-state index in [-0.39, 0.29) is 11.4 Å². The molecule has 2 N–H and O–H groups in total. The van der Waals surface area contributed by atoms with Crippen molar-refractivity contribution < 1.29 is 18.0 Å². The van der Waals surface area contributed by atoms with Crippen molar-refractivity contribution in [3.05, 3.63) is 47.3 Å². The lowest BCUT2D eigenvalue weighted by atomic mass is 9.98. The van der Waals surface area contributed by atoms with Gasteiger partial charge in [0, 0.05) is 23.4 Å². The molecule has 166 valence electrons. The van der Waals surface area contributed by atoms with E-state index >= 15 is 0 Å². The van der Waals surface area contributed by atoms with Crippen molar-refractivity contribution in [2.45, 2.75) is 32.9 Å². The number of fused-ring (bicyclic) bond motifs is 1. The molecule has 1 aliphatic carbocycles. The standard InChI is InChI=1S/C22H25F3N4OS/c1-3-29(4-2)11-5-10-26-21(30)16-12-14(6-9-19(16)31)20-27-17-8-7-15(22(23,24)25)13-18(17)28-20/h6-8,12-13H,3-5,9-11H2,1-2H3,(H,26,30)(H,27,28). The fourth-order valence-corrected chi connectivity index (χ4v) is 3.66. The van der Waals surface area contributed by atoms with E-state index in [0.29, 0.717) is 40.3 Å². The maximum absolute atomic E-state index is 13.0. The van der Waals surface area contributed by atoms with Gasteiger partial charge in [0.15, 0.2) is 0 Å². The molecule has 3 rings (SSSR count). The molecular formula is C22H25F3N4OS. The van der Waals surface area contributed by atoms with Crippen LogP contribution in [0.15, 0.2) is 35.9 Å². The molecule has 0 aliphatic heterocycles. The summed E-state index contributed by atoms with van der Waals surface area (Å²) in [7, 11) is 0. The van der Waals surface area contributed by atoms with Crippen molar-refractivity contribution >= 4 is 39.6 Å². The van der Waals surface area contributed by atoms with Gasteiger partial charge in [0.05, 0.1) is 22.2 Å². The molecular weight excluding hydrogens is 425 g/mol. The van der Waals surface area contributed by atoms with E-state index in [2.05, 4.69) is 34.0 Å². The number of carbonyl (C=O) groups is 1. The third kappa shape index (κ3) is 5.59. The molecule has 9 heteroatoms. The monoisotopic (exact) mass is 450 g/mol. The van der Waals surface area contributed by atoms with Gasteiger partial charge in [0.2, 0.25) is 0 Å². The third-order valence-electron chi connectivity index (χ3n) is 5.27. The van der Waals surface area contributed by atoms with Crippen LogP contribution in [0, 0.1) is 0 Å². The summed E-state index contributed by atoms with van der Waals surface area (Å²) in [4.78, 5) is 22.7. The summed E-state index contributed by atoms with van der Waals surface area (Å²) in [5.41, 5.74) is 0.996. The predicted molar refractivity (Wildman–Crippen MR) is 120 cm³/mol. The first kappa shape index (κ1) is 23.1. The highest BCUT2D eigenvalue weighted by molar-refractivity contribution is 7.81. The second-order valence-corrected chi connectivity index (χ2v) is 7.79. The first-order chi connectivity index (χ1) is 14.7. The first-order valence-electron chi connectivity index (χ1n) is 10.3. The van der Waals surface area contributed by atoms with Crippen LogP contribution in [0.5, 0.6) is 0 Å². The molecule has 0 fully saturated rings. The second kappa shape index (κ2) is 9.74. The Labute approximate surface area is 184 Å². The number of H-pyrrole nitrogens is 1. The Balaban J connectivity index is 1.72. The largest absolute Gasteiger partial charge is 0.416 e. The molecule has 2 aromatic rings. The molecule has 1 amide bonds. The molecule has 0 spiro atoms. The summed E-state index contributed by atoms with van der Waals surface area (Å²) in [6, 6.07) is 3.37. The van der Waals surface area contributed by atoms with Crippen LogP contribution in [-0.4, -0.2) is 51.8 Å². The van der Waals surface area contributed by atoms with E-state index in [1.807, 2.05) is 6.08 Å². The Morgan fingerprint density at radius 2 is 2.03 bits per heavy atom. The van der Waals surface area contributed by atoms with Crippen molar-refractivity contribution in [1.29, 1.82) is 0 Å². The van der Waals surface area contributed by atoms with Crippen molar-refractivity contribution in [2.24, 2.45) is 0 Å². The van der Waals surface area contributed by atoms with Crippen LogP contribution < -0.4 is 5.32 Å². The minimum atomic E-state index is -4.42. The first-order valence-corrected chi connectivity index (χ1v) is 10.7. The molecule has 1 heterocycles. The van der Waals surface area contributed by atoms with Crippen molar-refractivity contribution in [3.8, 4) is 0 Å². The number of imidazole rings is 1. The third-order valence-corrected chi connectivity index (χ3v) is 5.65. The van der Waals surface area contributed by atoms with E-state index in [0.717, 1.165) is 38.2 Å². The molecule has 0 unspecified atom stereocenters. The van der Waals surface area contributed by atoms with Gasteiger partial charge in [-0.25, -0.2) is 4.98 Å². The quantitative estimate of drug-likeness (QED) is 0.459. The number of nitrogens with zero attached hydrogens (tertiary/aromatic N) is 2. The second-order valence-electron chi connectivity index (χ2n) is 7.30. The number of amides is 1. The van der Waals surface area contributed by atoms with Gasteiger partial charge in [-0.2, -0.15) is 13.2 Å². The van der Waals surface area contributed by atoms with Crippen molar-refractivity contribution in [2.75, 3.05) is 26.2 Å². The van der Waals surface area contributed by atoms with E-state index in [9.17, 15) is 18.0 Å². The van der Waals surface area contributed by atoms with Crippen LogP contribution in [0.1, 0.15) is 38.1 Å². The fraction of sp³-hybridized carbons (Fsp3) is 0.409. The van der Waals surface area contributed by atoms with Crippen LogP contribution >= 0.6 is 12.2 Å². The fourth-order valence-electron chi connectivity index (χ4n) is 3.43. The summed E-state index contributed by atoms with van der Waals surface area (Å²) < 4.78 is 38.9. The average Bonchev–Trinajstić information content (AvgIpc) is 3.17. The van der Waals surface area contributed by atoms with Gasteiger partial charge in [0.25, 0.3) is 5.91 Å². The topological polar surface area (TPSA) is 61.0 Å². The van der Waals surface area contributed by atoms with Gasteiger partial charge < -0.3 is 15.2 Å². The number of carbonyl (C=O) groups excluding carboxylic acids is 1. The molecule has 0 saturated heterocycles. The predicted octanol–water partition coefficient (Wildman–Crippen LogP) is 4.51. The van der Waals surface area contributed by atoms with Gasteiger partial charge in [0.1, 0.15) is 5.82 Å². The highest BCUT2D eigenvalue weighted by atomic mass is 32.1. The summed E-state index contributed by atoms with van der Waals surface area (Å²) in [5.74, 6) is 0.161.